The van der Waals surface area contributed by atoms with Crippen LogP contribution in [0.1, 0.15) is 24.0 Å². The van der Waals surface area contributed by atoms with Crippen molar-refractivity contribution in [1.29, 1.82) is 0 Å². The van der Waals surface area contributed by atoms with Gasteiger partial charge < -0.3 is 21.3 Å². The van der Waals surface area contributed by atoms with Gasteiger partial charge in [0, 0.05) is 19.2 Å². The van der Waals surface area contributed by atoms with Gasteiger partial charge in [-0.2, -0.15) is 0 Å². The van der Waals surface area contributed by atoms with E-state index in [9.17, 15) is 4.39 Å². The summed E-state index contributed by atoms with van der Waals surface area (Å²) < 4.78 is 12.1. The Bertz CT molecular complexity index is 329. The second-order valence-electron chi connectivity index (χ2n) is 4.66. The van der Waals surface area contributed by atoms with E-state index >= 15 is 0 Å². The Morgan fingerprint density at radius 2 is 1.75 bits per heavy atom. The van der Waals surface area contributed by atoms with Gasteiger partial charge >= 0.3 is 0 Å². The number of halogens is 1. The highest BCUT2D eigenvalue weighted by atomic mass is 19.1. The first-order valence-electron chi connectivity index (χ1n) is 6.81. The molecule has 0 heterocycles. The molecule has 1 fully saturated rings. The number of benzene rings is 1. The Morgan fingerprint density at radius 3 is 2.05 bits per heavy atom. The quantitative estimate of drug-likeness (QED) is 0.651. The fourth-order valence-electron chi connectivity index (χ4n) is 1.51. The average molecular weight is 286 g/mol. The molecule has 4 nitrogen and oxygen atoms in total. The highest BCUT2D eigenvalue weighted by Gasteiger charge is 2.17. The van der Waals surface area contributed by atoms with Crippen LogP contribution >= 0.6 is 0 Å². The molecule has 5 N–H and O–H groups in total. The zero-order chi connectivity index (χ0) is 15.4. The van der Waals surface area contributed by atoms with Gasteiger partial charge in [-0.15, -0.1) is 0 Å². The van der Waals surface area contributed by atoms with Gasteiger partial charge in [0.05, 0.1) is 6.61 Å². The monoisotopic (exact) mass is 286 g/mol. The minimum Gasteiger partial charge on any atom is -0.400 e. The molecule has 0 aliphatic heterocycles. The first-order chi connectivity index (χ1) is 9.69. The molecule has 20 heavy (non-hydrogen) atoms. The van der Waals surface area contributed by atoms with Crippen molar-refractivity contribution < 1.29 is 14.6 Å². The number of nitrogens with two attached hydrogens (primary N) is 1. The predicted octanol–water partition coefficient (Wildman–Crippen LogP) is 0.995. The molecule has 0 saturated heterocycles. The van der Waals surface area contributed by atoms with Gasteiger partial charge in [-0.25, -0.2) is 4.39 Å². The molecule has 1 saturated carbocycles. The lowest BCUT2D eigenvalue weighted by atomic mass is 10.1. The van der Waals surface area contributed by atoms with Crippen LogP contribution in [0.2, 0.25) is 0 Å². The van der Waals surface area contributed by atoms with Crippen LogP contribution in [-0.2, 0) is 13.0 Å². The Balaban J connectivity index is 0.000000427. The zero-order valence-corrected chi connectivity index (χ0v) is 12.3. The first kappa shape index (κ1) is 19.0. The maximum absolute atomic E-state index is 12.1. The lowest BCUT2D eigenvalue weighted by Gasteiger charge is -2.06. The molecule has 1 aliphatic rings. The molecule has 0 amide bonds. The van der Waals surface area contributed by atoms with Crippen LogP contribution in [0.25, 0.3) is 0 Å². The van der Waals surface area contributed by atoms with Crippen molar-refractivity contribution in [2.45, 2.75) is 38.0 Å². The first-order valence-corrected chi connectivity index (χ1v) is 6.81. The number of aliphatic hydroxyl groups excluding tert-OH is 2. The maximum Gasteiger partial charge on any atom is 0.105 e. The summed E-state index contributed by atoms with van der Waals surface area (Å²) in [6.45, 7) is -0.461. The zero-order valence-electron chi connectivity index (χ0n) is 12.3. The lowest BCUT2D eigenvalue weighted by Crippen LogP contribution is -2.24. The van der Waals surface area contributed by atoms with Gasteiger partial charge in [0.1, 0.15) is 6.67 Å². The van der Waals surface area contributed by atoms with Crippen LogP contribution in [-0.4, -0.2) is 43.1 Å². The summed E-state index contributed by atoms with van der Waals surface area (Å²) >= 11 is 0. The van der Waals surface area contributed by atoms with E-state index in [1.54, 1.807) is 0 Å². The van der Waals surface area contributed by atoms with Gasteiger partial charge in [0.25, 0.3) is 0 Å². The van der Waals surface area contributed by atoms with Crippen molar-refractivity contribution in [3.05, 3.63) is 35.4 Å². The van der Waals surface area contributed by atoms with Crippen LogP contribution in [0.4, 0.5) is 4.39 Å². The molecule has 0 bridgehead atoms. The Morgan fingerprint density at radius 1 is 1.25 bits per heavy atom. The summed E-state index contributed by atoms with van der Waals surface area (Å²) in [6.07, 6.45) is 3.34. The molecular weight excluding hydrogens is 259 g/mol. The fourth-order valence-corrected chi connectivity index (χ4v) is 1.51. The number of hydrogen-bond acceptors (Lipinski definition) is 4. The highest BCUT2D eigenvalue weighted by molar-refractivity contribution is 5.22. The van der Waals surface area contributed by atoms with E-state index in [-0.39, 0.29) is 6.61 Å². The van der Waals surface area contributed by atoms with E-state index in [0.717, 1.165) is 24.3 Å². The number of nitrogens with one attached hydrogen (secondary N) is 1. The van der Waals surface area contributed by atoms with Gasteiger partial charge in [-0.1, -0.05) is 24.3 Å². The van der Waals surface area contributed by atoms with E-state index in [4.69, 9.17) is 15.9 Å². The second-order valence-corrected chi connectivity index (χ2v) is 4.66. The van der Waals surface area contributed by atoms with Crippen LogP contribution in [0.3, 0.4) is 0 Å². The summed E-state index contributed by atoms with van der Waals surface area (Å²) in [5, 5.41) is 18.9. The predicted molar refractivity (Wildman–Crippen MR) is 80.2 cm³/mol. The number of rotatable bonds is 5. The molecule has 1 aromatic rings. The van der Waals surface area contributed by atoms with E-state index in [0.29, 0.717) is 6.42 Å². The summed E-state index contributed by atoms with van der Waals surface area (Å²) in [4.78, 5) is 0. The third kappa shape index (κ3) is 8.98. The summed E-state index contributed by atoms with van der Waals surface area (Å²) in [6, 6.07) is 7.83. The van der Waals surface area contributed by atoms with Crippen molar-refractivity contribution in [3.8, 4) is 0 Å². The van der Waals surface area contributed by atoms with Gasteiger partial charge in [-0.05, 0) is 37.4 Å². The lowest BCUT2D eigenvalue weighted by molar-refractivity contribution is 0.282. The van der Waals surface area contributed by atoms with Crippen molar-refractivity contribution in [2.75, 3.05) is 20.8 Å². The molecule has 1 unspecified atom stereocenters. The smallest absolute Gasteiger partial charge is 0.105 e. The summed E-state index contributed by atoms with van der Waals surface area (Å²) in [5.41, 5.74) is 7.31. The van der Waals surface area contributed by atoms with Crippen LogP contribution in [0.5, 0.6) is 0 Å². The molecule has 5 heteroatoms. The van der Waals surface area contributed by atoms with Crippen molar-refractivity contribution in [3.63, 3.8) is 0 Å². The molecule has 1 atom stereocenters. The molecular formula is C15H27FN2O2. The molecule has 1 aliphatic carbocycles. The summed E-state index contributed by atoms with van der Waals surface area (Å²) in [5.74, 6) is 0. The number of alkyl halides is 1. The minimum atomic E-state index is -0.498. The molecule has 0 spiro atoms. The van der Waals surface area contributed by atoms with Crippen molar-refractivity contribution >= 4 is 0 Å². The fraction of sp³-hybridized carbons (Fsp3) is 0.600. The molecule has 116 valence electrons. The van der Waals surface area contributed by atoms with Crippen molar-refractivity contribution in [1.82, 2.24) is 5.32 Å². The van der Waals surface area contributed by atoms with Crippen LogP contribution in [0.15, 0.2) is 24.3 Å². The van der Waals surface area contributed by atoms with E-state index in [1.807, 2.05) is 31.3 Å². The Hall–Kier alpha value is -1.01. The highest BCUT2D eigenvalue weighted by Crippen LogP contribution is 2.17. The summed E-state index contributed by atoms with van der Waals surface area (Å²) in [7, 11) is 3.01. The number of hydrogen-bond donors (Lipinski definition) is 4. The molecule has 0 radical (unpaired) electrons. The SMILES string of the molecule is CNC1CC1.CO.NC(CF)Cc1ccc(CO)cc1. The van der Waals surface area contributed by atoms with Crippen LogP contribution < -0.4 is 11.1 Å². The normalized spacial score (nSPS) is 14.5. The topological polar surface area (TPSA) is 78.5 Å². The van der Waals surface area contributed by atoms with Crippen LogP contribution in [0, 0.1) is 0 Å². The van der Waals surface area contributed by atoms with E-state index in [2.05, 4.69) is 5.32 Å². The Kier molecular flexibility index (Phi) is 11.2. The minimum absolute atomic E-state index is 0.0371. The van der Waals surface area contributed by atoms with Gasteiger partial charge in [0.15, 0.2) is 0 Å². The molecule has 1 aromatic carbocycles. The standard InChI is InChI=1S/C10H14FNO.C4H9N.CH4O/c11-6-10(12)5-8-1-3-9(7-13)4-2-8;1-5-4-2-3-4;1-2/h1-4,10,13H,5-7,12H2;4-5H,2-3H2,1H3;2H,1H3. The van der Waals surface area contributed by atoms with Crippen molar-refractivity contribution in [2.24, 2.45) is 5.73 Å². The van der Waals surface area contributed by atoms with E-state index < -0.39 is 12.7 Å². The largest absolute Gasteiger partial charge is 0.400 e. The third-order valence-corrected chi connectivity index (χ3v) is 2.89. The molecule has 2 rings (SSSR count). The maximum atomic E-state index is 12.1. The average Bonchev–Trinajstić information content (AvgIpc) is 3.35. The Labute approximate surface area is 120 Å². The number of aliphatic hydroxyl groups is 2. The third-order valence-electron chi connectivity index (χ3n) is 2.89. The second kappa shape index (κ2) is 11.8. The van der Waals surface area contributed by atoms with E-state index in [1.165, 1.54) is 12.8 Å². The molecule has 0 aromatic heterocycles. The van der Waals surface area contributed by atoms with Gasteiger partial charge in [-0.3, -0.25) is 0 Å². The van der Waals surface area contributed by atoms with Gasteiger partial charge in [0.2, 0.25) is 0 Å².